The Morgan fingerprint density at radius 2 is 2.00 bits per heavy atom. The highest BCUT2D eigenvalue weighted by Gasteiger charge is 2.43. The number of H-pyrrole nitrogens is 1. The Balaban J connectivity index is 1.37. The van der Waals surface area contributed by atoms with Gasteiger partial charge < -0.3 is 9.47 Å². The molecule has 6 nitrogen and oxygen atoms in total. The normalized spacial score (nSPS) is 22.1. The van der Waals surface area contributed by atoms with E-state index in [1.54, 1.807) is 6.07 Å². The van der Waals surface area contributed by atoms with Gasteiger partial charge in [0.2, 0.25) is 5.79 Å². The van der Waals surface area contributed by atoms with Crippen LogP contribution in [0.15, 0.2) is 29.1 Å². The van der Waals surface area contributed by atoms with Crippen LogP contribution in [0.1, 0.15) is 43.2 Å². The Morgan fingerprint density at radius 3 is 2.67 bits per heavy atom. The van der Waals surface area contributed by atoms with Gasteiger partial charge in [0.15, 0.2) is 0 Å². The van der Waals surface area contributed by atoms with Crippen LogP contribution in [0.4, 0.5) is 0 Å². The number of ether oxygens (including phenoxy) is 2. The van der Waals surface area contributed by atoms with Crippen LogP contribution in [-0.4, -0.2) is 40.0 Å². The van der Waals surface area contributed by atoms with E-state index in [0.29, 0.717) is 6.61 Å². The number of hydrogen-bond acceptors (Lipinski definition) is 5. The molecule has 142 valence electrons. The summed E-state index contributed by atoms with van der Waals surface area (Å²) in [7, 11) is 0. The monoisotopic (exact) mass is 367 g/mol. The average Bonchev–Trinajstić information content (AvgIpc) is 2.64. The van der Waals surface area contributed by atoms with Crippen molar-refractivity contribution in [3.63, 3.8) is 0 Å². The van der Waals surface area contributed by atoms with Crippen molar-refractivity contribution in [2.45, 2.75) is 57.5 Å². The Labute approximate surface area is 158 Å². The van der Waals surface area contributed by atoms with Gasteiger partial charge in [-0.2, -0.15) is 5.10 Å². The maximum atomic E-state index is 11.3. The summed E-state index contributed by atoms with van der Waals surface area (Å²) in [5.41, 5.74) is 3.72. The summed E-state index contributed by atoms with van der Waals surface area (Å²) < 4.78 is 12.7. The van der Waals surface area contributed by atoms with Crippen molar-refractivity contribution in [1.29, 1.82) is 0 Å². The maximum absolute atomic E-state index is 11.3. The Kier molecular flexibility index (Phi) is 4.06. The van der Waals surface area contributed by atoms with Crippen LogP contribution in [0.5, 0.6) is 5.75 Å². The largest absolute Gasteiger partial charge is 0.462 e. The zero-order valence-corrected chi connectivity index (χ0v) is 15.7. The second-order valence-electron chi connectivity index (χ2n) is 7.94. The van der Waals surface area contributed by atoms with Crippen molar-refractivity contribution >= 4 is 0 Å². The van der Waals surface area contributed by atoms with Crippen molar-refractivity contribution < 1.29 is 9.47 Å². The number of nitrogens with zero attached hydrogens (tertiary/aromatic N) is 2. The van der Waals surface area contributed by atoms with Gasteiger partial charge >= 0.3 is 0 Å². The molecule has 1 N–H and O–H groups in total. The lowest BCUT2D eigenvalue weighted by Gasteiger charge is -2.47. The highest BCUT2D eigenvalue weighted by Crippen LogP contribution is 2.42. The van der Waals surface area contributed by atoms with E-state index in [9.17, 15) is 4.79 Å². The van der Waals surface area contributed by atoms with Crippen LogP contribution in [-0.2, 0) is 11.3 Å². The molecular weight excluding hydrogens is 342 g/mol. The highest BCUT2D eigenvalue weighted by atomic mass is 16.7. The van der Waals surface area contributed by atoms with Crippen LogP contribution in [0, 0.1) is 6.92 Å². The van der Waals surface area contributed by atoms with Crippen molar-refractivity contribution in [2.75, 3.05) is 13.1 Å². The number of hydrogen-bond donors (Lipinski definition) is 1. The average molecular weight is 367 g/mol. The molecule has 1 spiro atoms. The van der Waals surface area contributed by atoms with E-state index in [0.717, 1.165) is 60.1 Å². The van der Waals surface area contributed by atoms with Gasteiger partial charge in [0.05, 0.1) is 12.3 Å². The van der Waals surface area contributed by atoms with Gasteiger partial charge in [-0.3, -0.25) is 9.69 Å². The minimum atomic E-state index is -0.475. The standard InChI is InChI=1S/C21H25N3O3/c1-14-16(18-6-8-20(25)23-22-18)5-7-19-17(14)13-26-21(27-19)9-11-24(12-10-21)15-3-2-4-15/h5-8,15H,2-4,9-13H2,1H3,(H,23,25). The van der Waals surface area contributed by atoms with Crippen molar-refractivity contribution in [1.82, 2.24) is 15.1 Å². The lowest BCUT2D eigenvalue weighted by molar-refractivity contribution is -0.231. The molecule has 1 aromatic heterocycles. The third-order valence-corrected chi connectivity index (χ3v) is 6.44. The molecule has 0 radical (unpaired) electrons. The minimum absolute atomic E-state index is 0.198. The summed E-state index contributed by atoms with van der Waals surface area (Å²) in [6.07, 6.45) is 5.91. The molecule has 0 amide bonds. The molecule has 6 heteroatoms. The first-order valence-corrected chi connectivity index (χ1v) is 9.89. The fourth-order valence-electron chi connectivity index (χ4n) is 4.44. The Hall–Kier alpha value is -2.18. The summed E-state index contributed by atoms with van der Waals surface area (Å²) in [4.78, 5) is 13.9. The van der Waals surface area contributed by atoms with Crippen LogP contribution in [0.2, 0.25) is 0 Å². The minimum Gasteiger partial charge on any atom is -0.462 e. The van der Waals surface area contributed by atoms with Gasteiger partial charge in [0.1, 0.15) is 5.75 Å². The maximum Gasteiger partial charge on any atom is 0.264 e. The lowest BCUT2D eigenvalue weighted by Crippen LogP contribution is -2.54. The van der Waals surface area contributed by atoms with E-state index in [1.807, 2.05) is 12.1 Å². The van der Waals surface area contributed by atoms with Crippen LogP contribution < -0.4 is 10.3 Å². The van der Waals surface area contributed by atoms with Gasteiger partial charge in [-0.15, -0.1) is 0 Å². The molecule has 0 atom stereocenters. The summed E-state index contributed by atoms with van der Waals surface area (Å²) in [6, 6.07) is 8.08. The zero-order chi connectivity index (χ0) is 18.4. The van der Waals surface area contributed by atoms with Crippen LogP contribution in [0.25, 0.3) is 11.3 Å². The fourth-order valence-corrected chi connectivity index (χ4v) is 4.44. The zero-order valence-electron chi connectivity index (χ0n) is 15.7. The molecule has 1 saturated carbocycles. The molecule has 27 heavy (non-hydrogen) atoms. The number of aromatic amines is 1. The number of fused-ring (bicyclic) bond motifs is 1. The van der Waals surface area contributed by atoms with E-state index in [4.69, 9.17) is 9.47 Å². The quantitative estimate of drug-likeness (QED) is 0.884. The molecule has 1 aliphatic carbocycles. The predicted molar refractivity (Wildman–Crippen MR) is 102 cm³/mol. The third-order valence-electron chi connectivity index (χ3n) is 6.44. The molecular formula is C21H25N3O3. The summed E-state index contributed by atoms with van der Waals surface area (Å²) in [5.74, 6) is 0.446. The summed E-state index contributed by atoms with van der Waals surface area (Å²) in [5, 5.41) is 6.66. The molecule has 2 aromatic rings. The second-order valence-corrected chi connectivity index (χ2v) is 7.94. The SMILES string of the molecule is Cc1c(-c2ccc(=O)[nH]n2)ccc2c1COC1(CCN(C3CCC3)CC1)O2. The van der Waals surface area contributed by atoms with Gasteiger partial charge in [-0.05, 0) is 43.5 Å². The molecule has 0 bridgehead atoms. The number of likely N-dealkylation sites (tertiary alicyclic amines) is 1. The van der Waals surface area contributed by atoms with E-state index in [-0.39, 0.29) is 5.56 Å². The van der Waals surface area contributed by atoms with Crippen molar-refractivity contribution in [3.05, 3.63) is 45.7 Å². The molecule has 5 rings (SSSR count). The Morgan fingerprint density at radius 1 is 1.19 bits per heavy atom. The second kappa shape index (κ2) is 6.46. The lowest BCUT2D eigenvalue weighted by atomic mass is 9.89. The number of benzene rings is 1. The fraction of sp³-hybridized carbons (Fsp3) is 0.524. The third kappa shape index (κ3) is 2.97. The Bertz CT molecular complexity index is 891. The van der Waals surface area contributed by atoms with Gasteiger partial charge in [-0.1, -0.05) is 6.42 Å². The van der Waals surface area contributed by atoms with Crippen molar-refractivity contribution in [3.8, 4) is 17.0 Å². The van der Waals surface area contributed by atoms with E-state index >= 15 is 0 Å². The topological polar surface area (TPSA) is 67.5 Å². The molecule has 2 fully saturated rings. The first-order valence-electron chi connectivity index (χ1n) is 9.89. The van der Waals surface area contributed by atoms with Crippen LogP contribution >= 0.6 is 0 Å². The number of nitrogens with one attached hydrogen (secondary N) is 1. The van der Waals surface area contributed by atoms with Crippen molar-refractivity contribution in [2.24, 2.45) is 0 Å². The molecule has 3 heterocycles. The summed E-state index contributed by atoms with van der Waals surface area (Å²) in [6.45, 7) is 4.73. The molecule has 3 aliphatic rings. The molecule has 2 aliphatic heterocycles. The molecule has 1 saturated heterocycles. The smallest absolute Gasteiger partial charge is 0.264 e. The predicted octanol–water partition coefficient (Wildman–Crippen LogP) is 3.00. The summed E-state index contributed by atoms with van der Waals surface area (Å²) >= 11 is 0. The molecule has 0 unspecified atom stereocenters. The van der Waals surface area contributed by atoms with Gasteiger partial charge in [-0.25, -0.2) is 5.10 Å². The first-order chi connectivity index (χ1) is 13.1. The van der Waals surface area contributed by atoms with Gasteiger partial charge in [0, 0.05) is 49.2 Å². The molecule has 1 aromatic carbocycles. The van der Waals surface area contributed by atoms with E-state index < -0.39 is 5.79 Å². The van der Waals surface area contributed by atoms with E-state index in [1.165, 1.54) is 25.3 Å². The highest BCUT2D eigenvalue weighted by molar-refractivity contribution is 5.67. The van der Waals surface area contributed by atoms with E-state index in [2.05, 4.69) is 22.0 Å². The number of aromatic nitrogens is 2. The van der Waals surface area contributed by atoms with Crippen LogP contribution in [0.3, 0.4) is 0 Å². The number of rotatable bonds is 2. The number of piperidine rings is 1. The first kappa shape index (κ1) is 17.0. The van der Waals surface area contributed by atoms with Gasteiger partial charge in [0.25, 0.3) is 5.56 Å².